The normalized spacial score (nSPS) is 19.2. The third-order valence-electron chi connectivity index (χ3n) is 6.71. The standard InChI is InChI=1S/C27H33N3O4/c1-20-24(27(33)29-13-7-2-3-8-14-29)16-22(17-25(31)28-18-23-12-9-15-34-23)26(32)30(20)19-21-10-5-4-6-11-21/h4-6,9-12,15,22H,2-3,7-8,13-14,16-19H2,1H3,(H,28,31). The molecule has 2 aliphatic heterocycles. The summed E-state index contributed by atoms with van der Waals surface area (Å²) in [5.74, 6) is -0.250. The molecule has 0 radical (unpaired) electrons. The zero-order valence-corrected chi connectivity index (χ0v) is 19.8. The molecule has 34 heavy (non-hydrogen) atoms. The highest BCUT2D eigenvalue weighted by Crippen LogP contribution is 2.32. The van der Waals surface area contributed by atoms with Gasteiger partial charge in [-0.25, -0.2) is 0 Å². The van der Waals surface area contributed by atoms with Gasteiger partial charge in [0.1, 0.15) is 5.76 Å². The topological polar surface area (TPSA) is 82.9 Å². The van der Waals surface area contributed by atoms with Crippen molar-refractivity contribution >= 4 is 17.7 Å². The number of amides is 3. The predicted molar refractivity (Wildman–Crippen MR) is 128 cm³/mol. The molecule has 1 unspecified atom stereocenters. The Morgan fingerprint density at radius 1 is 1.03 bits per heavy atom. The van der Waals surface area contributed by atoms with E-state index in [9.17, 15) is 14.4 Å². The second-order valence-corrected chi connectivity index (χ2v) is 9.14. The van der Waals surface area contributed by atoms with E-state index in [0.717, 1.165) is 44.3 Å². The van der Waals surface area contributed by atoms with Crippen LogP contribution in [0.3, 0.4) is 0 Å². The van der Waals surface area contributed by atoms with E-state index in [2.05, 4.69) is 5.32 Å². The summed E-state index contributed by atoms with van der Waals surface area (Å²) in [5.41, 5.74) is 2.34. The van der Waals surface area contributed by atoms with E-state index in [4.69, 9.17) is 4.42 Å². The number of allylic oxidation sites excluding steroid dienone is 1. The Bertz CT molecular complexity index is 1020. The number of hydrogen-bond donors (Lipinski definition) is 1. The van der Waals surface area contributed by atoms with Crippen molar-refractivity contribution in [1.82, 2.24) is 15.1 Å². The van der Waals surface area contributed by atoms with Crippen LogP contribution in [-0.4, -0.2) is 40.6 Å². The highest BCUT2D eigenvalue weighted by atomic mass is 16.3. The van der Waals surface area contributed by atoms with Gasteiger partial charge >= 0.3 is 0 Å². The molecule has 1 saturated heterocycles. The van der Waals surface area contributed by atoms with Gasteiger partial charge in [-0.3, -0.25) is 14.4 Å². The minimum absolute atomic E-state index is 0.00551. The number of furan rings is 1. The fourth-order valence-corrected chi connectivity index (χ4v) is 4.75. The summed E-state index contributed by atoms with van der Waals surface area (Å²) in [4.78, 5) is 43.3. The number of carbonyl (C=O) groups excluding carboxylic acids is 3. The molecule has 180 valence electrons. The largest absolute Gasteiger partial charge is 0.467 e. The van der Waals surface area contributed by atoms with E-state index in [1.807, 2.05) is 42.2 Å². The molecule has 1 aromatic carbocycles. The summed E-state index contributed by atoms with van der Waals surface area (Å²) in [6.07, 6.45) is 6.17. The van der Waals surface area contributed by atoms with Crippen molar-refractivity contribution in [2.45, 2.75) is 58.5 Å². The lowest BCUT2D eigenvalue weighted by Crippen LogP contribution is -2.44. The van der Waals surface area contributed by atoms with Gasteiger partial charge in [0, 0.05) is 30.8 Å². The lowest BCUT2D eigenvalue weighted by Gasteiger charge is -2.36. The zero-order chi connectivity index (χ0) is 23.9. The van der Waals surface area contributed by atoms with Crippen molar-refractivity contribution in [2.24, 2.45) is 5.92 Å². The monoisotopic (exact) mass is 463 g/mol. The molecule has 0 bridgehead atoms. The molecule has 0 aliphatic carbocycles. The molecule has 0 saturated carbocycles. The molecule has 1 fully saturated rings. The van der Waals surface area contributed by atoms with Gasteiger partial charge in [0.05, 0.1) is 25.3 Å². The Morgan fingerprint density at radius 2 is 1.76 bits per heavy atom. The van der Waals surface area contributed by atoms with E-state index in [1.165, 1.54) is 0 Å². The average Bonchev–Trinajstić information content (AvgIpc) is 3.22. The molecule has 3 heterocycles. The maximum Gasteiger partial charge on any atom is 0.251 e. The highest BCUT2D eigenvalue weighted by Gasteiger charge is 2.37. The first-order chi connectivity index (χ1) is 16.5. The molecule has 1 N–H and O–H groups in total. The zero-order valence-electron chi connectivity index (χ0n) is 19.8. The van der Waals surface area contributed by atoms with E-state index >= 15 is 0 Å². The van der Waals surface area contributed by atoms with Crippen LogP contribution in [0.15, 0.2) is 64.4 Å². The van der Waals surface area contributed by atoms with Gasteiger partial charge in [-0.15, -0.1) is 0 Å². The summed E-state index contributed by atoms with van der Waals surface area (Å²) in [7, 11) is 0. The molecular formula is C27H33N3O4. The molecule has 2 aromatic rings. The van der Waals surface area contributed by atoms with Gasteiger partial charge in [0.2, 0.25) is 11.8 Å². The number of nitrogens with zero attached hydrogens (tertiary/aromatic N) is 2. The van der Waals surface area contributed by atoms with Gasteiger partial charge < -0.3 is 19.5 Å². The van der Waals surface area contributed by atoms with Gasteiger partial charge in [0.25, 0.3) is 5.91 Å². The SMILES string of the molecule is CC1=C(C(=O)N2CCCCCC2)CC(CC(=O)NCc2ccco2)C(=O)N1Cc1ccccc1. The van der Waals surface area contributed by atoms with Crippen molar-refractivity contribution in [2.75, 3.05) is 13.1 Å². The number of nitrogens with one attached hydrogen (secondary N) is 1. The van der Waals surface area contributed by atoms with Crippen LogP contribution < -0.4 is 5.32 Å². The number of rotatable bonds is 7. The van der Waals surface area contributed by atoms with Crippen LogP contribution in [0.2, 0.25) is 0 Å². The lowest BCUT2D eigenvalue weighted by atomic mass is 9.88. The van der Waals surface area contributed by atoms with Crippen molar-refractivity contribution < 1.29 is 18.8 Å². The summed E-state index contributed by atoms with van der Waals surface area (Å²) >= 11 is 0. The summed E-state index contributed by atoms with van der Waals surface area (Å²) < 4.78 is 5.27. The first kappa shape index (κ1) is 23.8. The minimum Gasteiger partial charge on any atom is -0.467 e. The quantitative estimate of drug-likeness (QED) is 0.673. The lowest BCUT2D eigenvalue weighted by molar-refractivity contribution is -0.139. The Kier molecular flexibility index (Phi) is 7.83. The third kappa shape index (κ3) is 5.76. The molecular weight excluding hydrogens is 430 g/mol. The van der Waals surface area contributed by atoms with Crippen LogP contribution in [-0.2, 0) is 27.5 Å². The smallest absolute Gasteiger partial charge is 0.251 e. The minimum atomic E-state index is -0.574. The maximum absolute atomic E-state index is 13.6. The second-order valence-electron chi connectivity index (χ2n) is 9.14. The Hall–Kier alpha value is -3.35. The highest BCUT2D eigenvalue weighted by molar-refractivity contribution is 5.98. The Morgan fingerprint density at radius 3 is 2.44 bits per heavy atom. The number of hydrogen-bond acceptors (Lipinski definition) is 4. The number of likely N-dealkylation sites (tertiary alicyclic amines) is 1. The van der Waals surface area contributed by atoms with Crippen LogP contribution in [0, 0.1) is 5.92 Å². The van der Waals surface area contributed by atoms with Crippen LogP contribution >= 0.6 is 0 Å². The molecule has 1 aromatic heterocycles. The first-order valence-electron chi connectivity index (χ1n) is 12.2. The summed E-state index contributed by atoms with van der Waals surface area (Å²) in [6.45, 7) is 4.01. The average molecular weight is 464 g/mol. The maximum atomic E-state index is 13.6. The first-order valence-corrected chi connectivity index (χ1v) is 12.2. The fraction of sp³-hybridized carbons (Fsp3) is 0.444. The second kappa shape index (κ2) is 11.2. The van der Waals surface area contributed by atoms with Crippen molar-refractivity contribution in [3.63, 3.8) is 0 Å². The van der Waals surface area contributed by atoms with Crippen molar-refractivity contribution in [1.29, 1.82) is 0 Å². The summed E-state index contributed by atoms with van der Waals surface area (Å²) in [5, 5.41) is 2.83. The Balaban J connectivity index is 1.54. The predicted octanol–water partition coefficient (Wildman–Crippen LogP) is 4.01. The van der Waals surface area contributed by atoms with Crippen LogP contribution in [0.4, 0.5) is 0 Å². The van der Waals surface area contributed by atoms with Crippen LogP contribution in [0.5, 0.6) is 0 Å². The van der Waals surface area contributed by atoms with Gasteiger partial charge in [0.15, 0.2) is 0 Å². The van der Waals surface area contributed by atoms with Crippen molar-refractivity contribution in [3.8, 4) is 0 Å². The third-order valence-corrected chi connectivity index (χ3v) is 6.71. The number of benzene rings is 1. The molecule has 7 heteroatoms. The fourth-order valence-electron chi connectivity index (χ4n) is 4.75. The van der Waals surface area contributed by atoms with E-state index < -0.39 is 5.92 Å². The molecule has 3 amide bonds. The van der Waals surface area contributed by atoms with Crippen molar-refractivity contribution in [3.05, 3.63) is 71.3 Å². The van der Waals surface area contributed by atoms with E-state index in [-0.39, 0.29) is 30.7 Å². The van der Waals surface area contributed by atoms with Gasteiger partial charge in [-0.1, -0.05) is 43.2 Å². The molecule has 7 nitrogen and oxygen atoms in total. The van der Waals surface area contributed by atoms with E-state index in [0.29, 0.717) is 30.0 Å². The molecule has 2 aliphatic rings. The Labute approximate surface area is 200 Å². The van der Waals surface area contributed by atoms with Gasteiger partial charge in [-0.2, -0.15) is 0 Å². The molecule has 1 atom stereocenters. The molecule has 4 rings (SSSR count). The number of carbonyl (C=O) groups is 3. The van der Waals surface area contributed by atoms with Gasteiger partial charge in [-0.05, 0) is 43.9 Å². The summed E-state index contributed by atoms with van der Waals surface area (Å²) in [6, 6.07) is 13.3. The molecule has 0 spiro atoms. The van der Waals surface area contributed by atoms with E-state index in [1.54, 1.807) is 23.3 Å². The van der Waals surface area contributed by atoms with Crippen LogP contribution in [0.1, 0.15) is 56.8 Å². The van der Waals surface area contributed by atoms with Crippen LogP contribution in [0.25, 0.3) is 0 Å².